The molecule has 0 radical (unpaired) electrons. The first-order chi connectivity index (χ1) is 8.40. The van der Waals surface area contributed by atoms with Gasteiger partial charge in [-0.2, -0.15) is 0 Å². The molecule has 1 saturated heterocycles. The van der Waals surface area contributed by atoms with E-state index in [0.29, 0.717) is 6.04 Å². The zero-order valence-electron chi connectivity index (χ0n) is 11.2. The van der Waals surface area contributed by atoms with E-state index in [1.54, 1.807) is 5.57 Å². The zero-order valence-corrected chi connectivity index (χ0v) is 11.2. The minimum absolute atomic E-state index is 0.654. The predicted octanol–water partition coefficient (Wildman–Crippen LogP) is 3.28. The number of ether oxygens (including phenoxy) is 1. The van der Waals surface area contributed by atoms with Gasteiger partial charge in [-0.05, 0) is 51.5 Å². The smallest absolute Gasteiger partial charge is 0.0510 e. The lowest BCUT2D eigenvalue weighted by Gasteiger charge is -2.26. The lowest BCUT2D eigenvalue weighted by molar-refractivity contribution is 0.176. The van der Waals surface area contributed by atoms with Crippen molar-refractivity contribution >= 4 is 0 Å². The Morgan fingerprint density at radius 2 is 2.41 bits per heavy atom. The van der Waals surface area contributed by atoms with Crippen molar-refractivity contribution in [2.75, 3.05) is 19.8 Å². The van der Waals surface area contributed by atoms with E-state index in [1.165, 1.54) is 44.9 Å². The summed E-state index contributed by atoms with van der Waals surface area (Å²) < 4.78 is 5.55. The van der Waals surface area contributed by atoms with E-state index in [-0.39, 0.29) is 0 Å². The van der Waals surface area contributed by atoms with Crippen molar-refractivity contribution in [3.63, 3.8) is 0 Å². The highest BCUT2D eigenvalue weighted by atomic mass is 16.5. The monoisotopic (exact) mass is 237 g/mol. The first-order valence-electron chi connectivity index (χ1n) is 7.39. The Hall–Kier alpha value is -0.340. The second-order valence-corrected chi connectivity index (χ2v) is 5.50. The van der Waals surface area contributed by atoms with E-state index in [2.05, 4.69) is 18.3 Å². The first kappa shape index (κ1) is 13.1. The van der Waals surface area contributed by atoms with E-state index in [1.807, 2.05) is 0 Å². The Balaban J connectivity index is 1.86. The van der Waals surface area contributed by atoms with E-state index >= 15 is 0 Å². The summed E-state index contributed by atoms with van der Waals surface area (Å²) >= 11 is 0. The molecular weight excluding hydrogens is 210 g/mol. The number of nitrogens with one attached hydrogen (secondary N) is 1. The van der Waals surface area contributed by atoms with E-state index in [0.717, 1.165) is 25.7 Å². The molecule has 0 aromatic rings. The van der Waals surface area contributed by atoms with Crippen molar-refractivity contribution in [1.29, 1.82) is 0 Å². The summed E-state index contributed by atoms with van der Waals surface area (Å²) in [6.07, 6.45) is 11.6. The fourth-order valence-corrected chi connectivity index (χ4v) is 2.98. The molecule has 2 heteroatoms. The topological polar surface area (TPSA) is 21.3 Å². The second kappa shape index (κ2) is 7.17. The van der Waals surface area contributed by atoms with Crippen LogP contribution in [0.25, 0.3) is 0 Å². The molecule has 0 aromatic heterocycles. The molecule has 2 nitrogen and oxygen atoms in total. The molecule has 1 N–H and O–H groups in total. The first-order valence-corrected chi connectivity index (χ1v) is 7.39. The quantitative estimate of drug-likeness (QED) is 0.716. The Kier molecular flexibility index (Phi) is 5.53. The summed E-state index contributed by atoms with van der Waals surface area (Å²) in [5.74, 6) is 0.740. The molecule has 0 spiro atoms. The predicted molar refractivity (Wildman–Crippen MR) is 72.2 cm³/mol. The molecule has 1 heterocycles. The minimum Gasteiger partial charge on any atom is -0.381 e. The summed E-state index contributed by atoms with van der Waals surface area (Å²) in [6, 6.07) is 0.654. The standard InChI is InChI=1S/C15H27NO/c1-2-9-16-15(14-8-10-17-12-14)11-13-6-4-3-5-7-13/h6,14-16H,2-5,7-12H2,1H3. The van der Waals surface area contributed by atoms with Crippen LogP contribution in [-0.4, -0.2) is 25.8 Å². The van der Waals surface area contributed by atoms with Gasteiger partial charge in [0.15, 0.2) is 0 Å². The number of allylic oxidation sites excluding steroid dienone is 1. The summed E-state index contributed by atoms with van der Waals surface area (Å²) in [6.45, 7) is 5.33. The van der Waals surface area contributed by atoms with Crippen LogP contribution in [0.3, 0.4) is 0 Å². The van der Waals surface area contributed by atoms with Crippen LogP contribution >= 0.6 is 0 Å². The molecule has 1 aliphatic heterocycles. The van der Waals surface area contributed by atoms with Gasteiger partial charge in [-0.1, -0.05) is 18.6 Å². The van der Waals surface area contributed by atoms with Gasteiger partial charge in [0.1, 0.15) is 0 Å². The zero-order chi connectivity index (χ0) is 11.9. The average molecular weight is 237 g/mol. The van der Waals surface area contributed by atoms with Crippen LogP contribution in [0.5, 0.6) is 0 Å². The molecule has 1 fully saturated rings. The lowest BCUT2D eigenvalue weighted by atomic mass is 9.88. The van der Waals surface area contributed by atoms with Crippen LogP contribution in [0.2, 0.25) is 0 Å². The summed E-state index contributed by atoms with van der Waals surface area (Å²) in [5.41, 5.74) is 1.69. The van der Waals surface area contributed by atoms with Crippen molar-refractivity contribution in [3.05, 3.63) is 11.6 Å². The molecule has 2 unspecified atom stereocenters. The Bertz CT molecular complexity index is 243. The van der Waals surface area contributed by atoms with Crippen LogP contribution in [0.4, 0.5) is 0 Å². The van der Waals surface area contributed by atoms with Gasteiger partial charge in [0.2, 0.25) is 0 Å². The molecule has 0 bridgehead atoms. The number of hydrogen-bond acceptors (Lipinski definition) is 2. The van der Waals surface area contributed by atoms with Gasteiger partial charge in [-0.15, -0.1) is 0 Å². The van der Waals surface area contributed by atoms with Gasteiger partial charge in [-0.3, -0.25) is 0 Å². The highest BCUT2D eigenvalue weighted by Gasteiger charge is 2.26. The third-order valence-electron chi connectivity index (χ3n) is 4.06. The van der Waals surface area contributed by atoms with Crippen molar-refractivity contribution in [1.82, 2.24) is 5.32 Å². The Morgan fingerprint density at radius 3 is 3.06 bits per heavy atom. The molecule has 2 atom stereocenters. The van der Waals surface area contributed by atoms with Crippen molar-refractivity contribution in [2.45, 2.75) is 57.9 Å². The lowest BCUT2D eigenvalue weighted by Crippen LogP contribution is -2.37. The fourth-order valence-electron chi connectivity index (χ4n) is 2.98. The van der Waals surface area contributed by atoms with E-state index in [9.17, 15) is 0 Å². The van der Waals surface area contributed by atoms with Crippen LogP contribution in [0.1, 0.15) is 51.9 Å². The molecule has 0 amide bonds. The maximum Gasteiger partial charge on any atom is 0.0510 e. The second-order valence-electron chi connectivity index (χ2n) is 5.50. The van der Waals surface area contributed by atoms with Gasteiger partial charge in [0.25, 0.3) is 0 Å². The molecule has 0 aromatic carbocycles. The Morgan fingerprint density at radius 1 is 1.47 bits per heavy atom. The van der Waals surface area contributed by atoms with Crippen LogP contribution in [0.15, 0.2) is 11.6 Å². The molecular formula is C15H27NO. The van der Waals surface area contributed by atoms with E-state index < -0.39 is 0 Å². The largest absolute Gasteiger partial charge is 0.381 e. The fraction of sp³-hybridized carbons (Fsp3) is 0.867. The summed E-state index contributed by atoms with van der Waals surface area (Å²) in [5, 5.41) is 3.74. The molecule has 2 aliphatic rings. The third kappa shape index (κ3) is 4.11. The van der Waals surface area contributed by atoms with Crippen molar-refractivity contribution in [3.8, 4) is 0 Å². The highest BCUT2D eigenvalue weighted by Crippen LogP contribution is 2.26. The third-order valence-corrected chi connectivity index (χ3v) is 4.06. The number of rotatable bonds is 6. The van der Waals surface area contributed by atoms with Crippen molar-refractivity contribution in [2.24, 2.45) is 5.92 Å². The van der Waals surface area contributed by atoms with Gasteiger partial charge in [-0.25, -0.2) is 0 Å². The molecule has 98 valence electrons. The van der Waals surface area contributed by atoms with Gasteiger partial charge in [0.05, 0.1) is 6.61 Å². The minimum atomic E-state index is 0.654. The van der Waals surface area contributed by atoms with Gasteiger partial charge < -0.3 is 10.1 Å². The number of hydrogen-bond donors (Lipinski definition) is 1. The molecule has 0 saturated carbocycles. The van der Waals surface area contributed by atoms with Crippen LogP contribution < -0.4 is 5.32 Å². The SMILES string of the molecule is CCCNC(CC1=CCCCC1)C1CCOC1. The molecule has 2 rings (SSSR count). The normalized spacial score (nSPS) is 26.9. The summed E-state index contributed by atoms with van der Waals surface area (Å²) in [7, 11) is 0. The van der Waals surface area contributed by atoms with E-state index in [4.69, 9.17) is 4.74 Å². The molecule has 17 heavy (non-hydrogen) atoms. The average Bonchev–Trinajstić information content (AvgIpc) is 2.89. The maximum absolute atomic E-state index is 5.55. The van der Waals surface area contributed by atoms with Crippen molar-refractivity contribution < 1.29 is 4.74 Å². The van der Waals surface area contributed by atoms with Gasteiger partial charge >= 0.3 is 0 Å². The van der Waals surface area contributed by atoms with Crippen LogP contribution in [-0.2, 0) is 4.74 Å². The molecule has 1 aliphatic carbocycles. The highest BCUT2D eigenvalue weighted by molar-refractivity contribution is 5.08. The van der Waals surface area contributed by atoms with Crippen LogP contribution in [0, 0.1) is 5.92 Å². The van der Waals surface area contributed by atoms with Gasteiger partial charge in [0, 0.05) is 18.6 Å². The maximum atomic E-state index is 5.55. The summed E-state index contributed by atoms with van der Waals surface area (Å²) in [4.78, 5) is 0. The Labute approximate surface area is 106 Å².